The first-order valence-electron chi connectivity index (χ1n) is 10.3. The maximum atomic E-state index is 13.0. The summed E-state index contributed by atoms with van der Waals surface area (Å²) in [5.74, 6) is 1.31. The third-order valence-corrected chi connectivity index (χ3v) is 6.09. The van der Waals surface area contributed by atoms with E-state index < -0.39 is 0 Å². The van der Waals surface area contributed by atoms with E-state index in [0.29, 0.717) is 10.7 Å². The smallest absolute Gasteiger partial charge is 0.234 e. The molecule has 1 aliphatic heterocycles. The van der Waals surface area contributed by atoms with Crippen molar-refractivity contribution >= 4 is 34.9 Å². The topological polar surface area (TPSA) is 70.6 Å². The highest BCUT2D eigenvalue weighted by Gasteiger charge is 2.23. The van der Waals surface area contributed by atoms with E-state index in [-0.39, 0.29) is 17.5 Å². The number of nitrogens with zero attached hydrogens (tertiary/aromatic N) is 4. The Kier molecular flexibility index (Phi) is 7.06. The molecule has 0 atom stereocenters. The van der Waals surface area contributed by atoms with Gasteiger partial charge in [-0.1, -0.05) is 23.9 Å². The summed E-state index contributed by atoms with van der Waals surface area (Å²) in [5, 5.41) is 3.48. The molecule has 0 aliphatic carbocycles. The third kappa shape index (κ3) is 5.28. The Morgan fingerprint density at radius 3 is 2.47 bits per heavy atom. The van der Waals surface area contributed by atoms with Gasteiger partial charge in [-0.15, -0.1) is 0 Å². The van der Waals surface area contributed by atoms with Crippen molar-refractivity contribution in [2.45, 2.75) is 5.03 Å². The number of thioether (sulfide) groups is 1. The minimum absolute atomic E-state index is 0.181. The molecule has 9 heteroatoms. The molecule has 1 N–H and O–H groups in total. The van der Waals surface area contributed by atoms with Gasteiger partial charge in [-0.3, -0.25) is 4.79 Å². The van der Waals surface area contributed by atoms with E-state index >= 15 is 0 Å². The second kappa shape index (κ2) is 10.3. The molecule has 4 rings (SSSR count). The molecule has 1 saturated heterocycles. The highest BCUT2D eigenvalue weighted by Crippen LogP contribution is 2.31. The van der Waals surface area contributed by atoms with E-state index in [1.165, 1.54) is 36.0 Å². The fourth-order valence-corrected chi connectivity index (χ4v) is 4.34. The van der Waals surface area contributed by atoms with Gasteiger partial charge < -0.3 is 19.9 Å². The summed E-state index contributed by atoms with van der Waals surface area (Å²) in [4.78, 5) is 25.8. The lowest BCUT2D eigenvalue weighted by molar-refractivity contribution is -0.113. The van der Waals surface area contributed by atoms with Crippen LogP contribution in [0.2, 0.25) is 0 Å². The number of rotatable bonds is 7. The summed E-state index contributed by atoms with van der Waals surface area (Å²) >= 11 is 1.34. The maximum Gasteiger partial charge on any atom is 0.234 e. The monoisotopic (exact) mass is 453 g/mol. The molecule has 0 saturated carbocycles. The number of halogens is 1. The van der Waals surface area contributed by atoms with Crippen molar-refractivity contribution in [3.05, 3.63) is 66.7 Å². The summed E-state index contributed by atoms with van der Waals surface area (Å²) in [7, 11) is 1.68. The van der Waals surface area contributed by atoms with Crippen LogP contribution in [0.5, 0.6) is 5.75 Å². The number of methoxy groups -OCH3 is 1. The van der Waals surface area contributed by atoms with E-state index in [1.54, 1.807) is 19.5 Å². The van der Waals surface area contributed by atoms with Crippen LogP contribution in [0.15, 0.2) is 66.0 Å². The van der Waals surface area contributed by atoms with Crippen LogP contribution in [-0.4, -0.2) is 54.9 Å². The van der Waals surface area contributed by atoms with Gasteiger partial charge >= 0.3 is 0 Å². The number of carbonyl (C=O) groups excluding carboxylic acids is 1. The SMILES string of the molecule is COc1ccccc1N1CCN(c2nccnc2SCC(=O)Nc2ccc(F)cc2)CC1. The predicted molar refractivity (Wildman–Crippen MR) is 125 cm³/mol. The molecule has 1 amide bonds. The summed E-state index contributed by atoms with van der Waals surface area (Å²) in [6.07, 6.45) is 3.30. The number of hydrogen-bond donors (Lipinski definition) is 1. The number of anilines is 3. The lowest BCUT2D eigenvalue weighted by Crippen LogP contribution is -2.47. The molecule has 32 heavy (non-hydrogen) atoms. The second-order valence-corrected chi connectivity index (χ2v) is 8.14. The zero-order valence-corrected chi connectivity index (χ0v) is 18.5. The van der Waals surface area contributed by atoms with Crippen molar-refractivity contribution in [3.63, 3.8) is 0 Å². The number of para-hydroxylation sites is 2. The van der Waals surface area contributed by atoms with Crippen molar-refractivity contribution < 1.29 is 13.9 Å². The van der Waals surface area contributed by atoms with Crippen LogP contribution in [0.4, 0.5) is 21.6 Å². The Balaban J connectivity index is 1.36. The van der Waals surface area contributed by atoms with Gasteiger partial charge in [-0.05, 0) is 36.4 Å². The lowest BCUT2D eigenvalue weighted by atomic mass is 10.2. The largest absolute Gasteiger partial charge is 0.495 e. The number of carbonyl (C=O) groups is 1. The van der Waals surface area contributed by atoms with Gasteiger partial charge in [-0.2, -0.15) is 0 Å². The van der Waals surface area contributed by atoms with Crippen molar-refractivity contribution in [1.82, 2.24) is 9.97 Å². The van der Waals surface area contributed by atoms with E-state index in [4.69, 9.17) is 4.74 Å². The fraction of sp³-hybridized carbons (Fsp3) is 0.261. The molecule has 0 spiro atoms. The summed E-state index contributed by atoms with van der Waals surface area (Å²) in [6.45, 7) is 3.22. The fourth-order valence-electron chi connectivity index (χ4n) is 3.55. The Morgan fingerprint density at radius 1 is 1.03 bits per heavy atom. The van der Waals surface area contributed by atoms with Gasteiger partial charge in [0.25, 0.3) is 0 Å². The standard InChI is InChI=1S/C23H24FN5O2S/c1-31-20-5-3-2-4-19(20)28-12-14-29(15-13-28)22-23(26-11-10-25-22)32-16-21(30)27-18-8-6-17(24)7-9-18/h2-11H,12-16H2,1H3,(H,27,30). The zero-order valence-electron chi connectivity index (χ0n) is 17.7. The van der Waals surface area contributed by atoms with Crippen molar-refractivity contribution in [1.29, 1.82) is 0 Å². The number of piperazine rings is 1. The molecule has 0 radical (unpaired) electrons. The van der Waals surface area contributed by atoms with Crippen LogP contribution in [0.1, 0.15) is 0 Å². The predicted octanol–water partition coefficient (Wildman–Crippen LogP) is 3.68. The normalized spacial score (nSPS) is 13.7. The summed E-state index contributed by atoms with van der Waals surface area (Å²) < 4.78 is 18.5. The van der Waals surface area contributed by atoms with E-state index in [9.17, 15) is 9.18 Å². The Labute approximate surface area is 190 Å². The number of nitrogens with one attached hydrogen (secondary N) is 1. The van der Waals surface area contributed by atoms with Gasteiger partial charge in [0.1, 0.15) is 16.6 Å². The van der Waals surface area contributed by atoms with Crippen LogP contribution in [0.25, 0.3) is 0 Å². The van der Waals surface area contributed by atoms with E-state index in [2.05, 4.69) is 31.2 Å². The van der Waals surface area contributed by atoms with Crippen LogP contribution < -0.4 is 19.9 Å². The molecule has 0 bridgehead atoms. The Morgan fingerprint density at radius 2 is 1.72 bits per heavy atom. The van der Waals surface area contributed by atoms with Gasteiger partial charge in [-0.25, -0.2) is 14.4 Å². The number of benzene rings is 2. The van der Waals surface area contributed by atoms with Gasteiger partial charge in [0.2, 0.25) is 5.91 Å². The van der Waals surface area contributed by atoms with E-state index in [1.807, 2.05) is 18.2 Å². The Bertz CT molecular complexity index is 1060. The second-order valence-electron chi connectivity index (χ2n) is 7.17. The highest BCUT2D eigenvalue weighted by molar-refractivity contribution is 8.00. The van der Waals surface area contributed by atoms with Crippen LogP contribution in [0, 0.1) is 5.82 Å². The quantitative estimate of drug-likeness (QED) is 0.547. The molecule has 2 heterocycles. The molecule has 1 fully saturated rings. The molecular formula is C23H24FN5O2S. The highest BCUT2D eigenvalue weighted by atomic mass is 32.2. The third-order valence-electron chi connectivity index (χ3n) is 5.12. The lowest BCUT2D eigenvalue weighted by Gasteiger charge is -2.37. The Hall–Kier alpha value is -3.33. The number of amides is 1. The average Bonchev–Trinajstić information content (AvgIpc) is 2.84. The van der Waals surface area contributed by atoms with Crippen molar-refractivity contribution in [2.75, 3.05) is 54.2 Å². The number of hydrogen-bond acceptors (Lipinski definition) is 7. The van der Waals surface area contributed by atoms with Crippen molar-refractivity contribution in [2.24, 2.45) is 0 Å². The van der Waals surface area contributed by atoms with E-state index in [0.717, 1.165) is 43.4 Å². The molecule has 7 nitrogen and oxygen atoms in total. The van der Waals surface area contributed by atoms with Gasteiger partial charge in [0.15, 0.2) is 5.82 Å². The minimum atomic E-state index is -0.340. The molecule has 0 unspecified atom stereocenters. The van der Waals surface area contributed by atoms with Crippen molar-refractivity contribution in [3.8, 4) is 5.75 Å². The molecule has 166 valence electrons. The number of ether oxygens (including phenoxy) is 1. The van der Waals surface area contributed by atoms with Gasteiger partial charge in [0.05, 0.1) is 18.6 Å². The summed E-state index contributed by atoms with van der Waals surface area (Å²) in [6, 6.07) is 13.7. The number of aromatic nitrogens is 2. The van der Waals surface area contributed by atoms with Crippen LogP contribution in [0.3, 0.4) is 0 Å². The first kappa shape index (κ1) is 21.9. The molecule has 3 aromatic rings. The van der Waals surface area contributed by atoms with Crippen LogP contribution >= 0.6 is 11.8 Å². The first-order chi connectivity index (χ1) is 15.6. The molecular weight excluding hydrogens is 429 g/mol. The van der Waals surface area contributed by atoms with Crippen LogP contribution in [-0.2, 0) is 4.79 Å². The molecule has 1 aromatic heterocycles. The summed E-state index contributed by atoms with van der Waals surface area (Å²) in [5.41, 5.74) is 1.64. The average molecular weight is 454 g/mol. The maximum absolute atomic E-state index is 13.0. The molecule has 1 aliphatic rings. The molecule has 2 aromatic carbocycles. The first-order valence-corrected chi connectivity index (χ1v) is 11.2. The zero-order chi connectivity index (χ0) is 22.3. The minimum Gasteiger partial charge on any atom is -0.495 e. The van der Waals surface area contributed by atoms with Gasteiger partial charge in [0, 0.05) is 44.3 Å².